The van der Waals surface area contributed by atoms with Crippen LogP contribution >= 0.6 is 23.1 Å². The Labute approximate surface area is 138 Å². The minimum absolute atomic E-state index is 0.0603. The number of nitrogens with zero attached hydrogens (tertiary/aromatic N) is 3. The number of ketones is 1. The fourth-order valence-electron chi connectivity index (χ4n) is 1.63. The molecule has 0 aliphatic rings. The number of hydrogen-bond donors (Lipinski definition) is 0. The van der Waals surface area contributed by atoms with Crippen LogP contribution in [0, 0.1) is 18.3 Å². The number of carbonyl (C=O) groups excluding carboxylic acids is 1. The lowest BCUT2D eigenvalue weighted by atomic mass is 10.1. The van der Waals surface area contributed by atoms with Crippen LogP contribution in [0.3, 0.4) is 0 Å². The largest absolute Gasteiger partial charge is 0.417 e. The van der Waals surface area contributed by atoms with Crippen molar-refractivity contribution >= 4 is 28.9 Å². The van der Waals surface area contributed by atoms with E-state index in [0.717, 1.165) is 29.7 Å². The highest BCUT2D eigenvalue weighted by atomic mass is 32.2. The summed E-state index contributed by atoms with van der Waals surface area (Å²) in [6.07, 6.45) is -3.72. The van der Waals surface area contributed by atoms with Crippen LogP contribution in [0.4, 0.5) is 13.2 Å². The average molecular weight is 357 g/mol. The fourth-order valence-corrected chi connectivity index (χ4v) is 3.24. The minimum atomic E-state index is -4.44. The number of alkyl halides is 3. The van der Waals surface area contributed by atoms with Gasteiger partial charge in [-0.3, -0.25) is 4.79 Å². The van der Waals surface area contributed by atoms with E-state index in [1.165, 1.54) is 17.4 Å². The summed E-state index contributed by atoms with van der Waals surface area (Å²) in [4.78, 5) is 19.9. The number of thiazole rings is 1. The molecule has 0 spiro atoms. The second kappa shape index (κ2) is 7.10. The zero-order valence-electron chi connectivity index (χ0n) is 11.8. The molecule has 2 aromatic heterocycles. The van der Waals surface area contributed by atoms with Crippen molar-refractivity contribution in [3.63, 3.8) is 0 Å². The van der Waals surface area contributed by atoms with Gasteiger partial charge in [-0.15, -0.1) is 11.3 Å². The molecule has 0 fully saturated rings. The Hall–Kier alpha value is -1.92. The predicted octanol–water partition coefficient (Wildman–Crippen LogP) is 3.83. The van der Waals surface area contributed by atoms with E-state index in [0.29, 0.717) is 10.0 Å². The SMILES string of the molecule is Cc1csc([C@@H](C#N)C(=O)CSc2ccc(C(F)(F)F)cn2)n1. The Morgan fingerprint density at radius 1 is 1.48 bits per heavy atom. The van der Waals surface area contributed by atoms with E-state index in [1.54, 1.807) is 12.3 Å². The number of aryl methyl sites for hydroxylation is 1. The number of nitriles is 1. The minimum Gasteiger partial charge on any atom is -0.297 e. The van der Waals surface area contributed by atoms with Crippen LogP contribution in [-0.4, -0.2) is 21.5 Å². The van der Waals surface area contributed by atoms with Gasteiger partial charge >= 0.3 is 6.18 Å². The Morgan fingerprint density at radius 2 is 2.22 bits per heavy atom. The molecule has 0 saturated carbocycles. The molecule has 9 heteroatoms. The van der Waals surface area contributed by atoms with E-state index >= 15 is 0 Å². The highest BCUT2D eigenvalue weighted by Gasteiger charge is 2.30. The van der Waals surface area contributed by atoms with Gasteiger partial charge in [0.1, 0.15) is 5.01 Å². The molecule has 0 bridgehead atoms. The quantitative estimate of drug-likeness (QED) is 0.761. The van der Waals surface area contributed by atoms with Crippen molar-refractivity contribution < 1.29 is 18.0 Å². The molecule has 0 aliphatic heterocycles. The maximum absolute atomic E-state index is 12.4. The van der Waals surface area contributed by atoms with Gasteiger partial charge in [0.25, 0.3) is 0 Å². The van der Waals surface area contributed by atoms with Crippen LogP contribution in [0.5, 0.6) is 0 Å². The number of halogens is 3. The summed E-state index contributed by atoms with van der Waals surface area (Å²) in [5.74, 6) is -1.38. The van der Waals surface area contributed by atoms with Gasteiger partial charge in [-0.25, -0.2) is 9.97 Å². The third-order valence-electron chi connectivity index (χ3n) is 2.76. The summed E-state index contributed by atoms with van der Waals surface area (Å²) in [5, 5.41) is 11.6. The number of thioether (sulfide) groups is 1. The highest BCUT2D eigenvalue weighted by molar-refractivity contribution is 7.99. The number of Topliss-reactive ketones (excluding diaryl/α,β-unsaturated/α-hetero) is 1. The van der Waals surface area contributed by atoms with Crippen molar-refractivity contribution in [3.05, 3.63) is 40.0 Å². The first-order chi connectivity index (χ1) is 10.8. The van der Waals surface area contributed by atoms with Crippen molar-refractivity contribution in [1.29, 1.82) is 5.26 Å². The lowest BCUT2D eigenvalue weighted by Gasteiger charge is -2.07. The first-order valence-corrected chi connectivity index (χ1v) is 8.18. The first-order valence-electron chi connectivity index (χ1n) is 6.31. The highest BCUT2D eigenvalue weighted by Crippen LogP contribution is 2.30. The topological polar surface area (TPSA) is 66.6 Å². The summed E-state index contributed by atoms with van der Waals surface area (Å²) < 4.78 is 37.3. The summed E-state index contributed by atoms with van der Waals surface area (Å²) in [7, 11) is 0. The van der Waals surface area contributed by atoms with Crippen molar-refractivity contribution in [1.82, 2.24) is 9.97 Å². The Bertz CT molecular complexity index is 735. The fraction of sp³-hybridized carbons (Fsp3) is 0.286. The maximum Gasteiger partial charge on any atom is 0.417 e. The van der Waals surface area contributed by atoms with Gasteiger partial charge in [-0.05, 0) is 19.1 Å². The zero-order valence-corrected chi connectivity index (χ0v) is 13.4. The summed E-state index contributed by atoms with van der Waals surface area (Å²) >= 11 is 2.22. The van der Waals surface area contributed by atoms with Gasteiger partial charge in [0.2, 0.25) is 0 Å². The van der Waals surface area contributed by atoms with Crippen molar-refractivity contribution in [3.8, 4) is 6.07 Å². The average Bonchev–Trinajstić information content (AvgIpc) is 2.91. The molecule has 2 heterocycles. The number of hydrogen-bond acceptors (Lipinski definition) is 6. The predicted molar refractivity (Wildman–Crippen MR) is 80.2 cm³/mol. The maximum atomic E-state index is 12.4. The second-order valence-corrected chi connectivity index (χ2v) is 6.41. The lowest BCUT2D eigenvalue weighted by Crippen LogP contribution is -2.13. The van der Waals surface area contributed by atoms with Crippen LogP contribution in [0.15, 0.2) is 28.7 Å². The van der Waals surface area contributed by atoms with Crippen molar-refractivity contribution in [2.45, 2.75) is 24.0 Å². The smallest absolute Gasteiger partial charge is 0.297 e. The second-order valence-electron chi connectivity index (χ2n) is 4.53. The first kappa shape index (κ1) is 17.4. The molecule has 2 aromatic rings. The van der Waals surface area contributed by atoms with Crippen molar-refractivity contribution in [2.75, 3.05) is 5.75 Å². The molecule has 23 heavy (non-hydrogen) atoms. The molecule has 0 unspecified atom stereocenters. The summed E-state index contributed by atoms with van der Waals surface area (Å²) in [6.45, 7) is 1.76. The van der Waals surface area contributed by atoms with Gasteiger partial charge in [0.05, 0.1) is 22.4 Å². The summed E-state index contributed by atoms with van der Waals surface area (Å²) in [5.41, 5.74) is -0.114. The van der Waals surface area contributed by atoms with E-state index in [4.69, 9.17) is 5.26 Å². The van der Waals surface area contributed by atoms with Gasteiger partial charge < -0.3 is 0 Å². The molecular weight excluding hydrogens is 347 g/mol. The Kier molecular flexibility index (Phi) is 5.38. The van der Waals surface area contributed by atoms with Crippen LogP contribution in [-0.2, 0) is 11.0 Å². The molecule has 0 saturated heterocycles. The molecular formula is C14H10F3N3OS2. The van der Waals surface area contributed by atoms with E-state index in [1.807, 2.05) is 6.07 Å². The van der Waals surface area contributed by atoms with Gasteiger partial charge in [0, 0.05) is 17.3 Å². The Morgan fingerprint density at radius 3 is 2.70 bits per heavy atom. The molecule has 2 rings (SSSR count). The lowest BCUT2D eigenvalue weighted by molar-refractivity contribution is -0.137. The number of pyridine rings is 1. The molecule has 0 aromatic carbocycles. The number of carbonyl (C=O) groups is 1. The number of aromatic nitrogens is 2. The molecule has 120 valence electrons. The normalized spacial score (nSPS) is 12.7. The van der Waals surface area contributed by atoms with Crippen LogP contribution < -0.4 is 0 Å². The van der Waals surface area contributed by atoms with E-state index in [-0.39, 0.29) is 11.5 Å². The molecule has 0 aliphatic carbocycles. The molecule has 4 nitrogen and oxygen atoms in total. The van der Waals surface area contributed by atoms with Crippen LogP contribution in [0.2, 0.25) is 0 Å². The van der Waals surface area contributed by atoms with E-state index in [2.05, 4.69) is 9.97 Å². The van der Waals surface area contributed by atoms with Gasteiger partial charge in [-0.1, -0.05) is 11.8 Å². The van der Waals surface area contributed by atoms with Crippen LogP contribution in [0.25, 0.3) is 0 Å². The van der Waals surface area contributed by atoms with Crippen molar-refractivity contribution in [2.24, 2.45) is 0 Å². The molecule has 0 radical (unpaired) electrons. The molecule has 0 N–H and O–H groups in total. The third-order valence-corrected chi connectivity index (χ3v) is 4.75. The Balaban J connectivity index is 2.00. The monoisotopic (exact) mass is 357 g/mol. The van der Waals surface area contributed by atoms with E-state index < -0.39 is 17.7 Å². The molecule has 1 atom stereocenters. The standard InChI is InChI=1S/C14H10F3N3OS2/c1-8-6-23-13(20-8)10(4-18)11(21)7-22-12-3-2-9(5-19-12)14(15,16)17/h2-3,5-6,10H,7H2,1H3/t10-/m0/s1. The third kappa shape index (κ3) is 4.53. The van der Waals surface area contributed by atoms with Gasteiger partial charge in [0.15, 0.2) is 11.7 Å². The molecule has 0 amide bonds. The van der Waals surface area contributed by atoms with E-state index in [9.17, 15) is 18.0 Å². The van der Waals surface area contributed by atoms with Gasteiger partial charge in [-0.2, -0.15) is 18.4 Å². The van der Waals surface area contributed by atoms with Crippen LogP contribution in [0.1, 0.15) is 22.2 Å². The number of rotatable bonds is 5. The summed E-state index contributed by atoms with van der Waals surface area (Å²) in [6, 6.07) is 4.03. The zero-order chi connectivity index (χ0) is 17.0.